The number of hydrogen-bond donors (Lipinski definition) is 0. The quantitative estimate of drug-likeness (QED) is 0.609. The van der Waals surface area contributed by atoms with Gasteiger partial charge in [0, 0.05) is 17.3 Å². The molecule has 2 fully saturated rings. The van der Waals surface area contributed by atoms with Crippen LogP contribution in [-0.4, -0.2) is 36.5 Å². The molecule has 0 spiro atoms. The van der Waals surface area contributed by atoms with E-state index in [9.17, 15) is 14.4 Å². The lowest BCUT2D eigenvalue weighted by Gasteiger charge is -2.25. The summed E-state index contributed by atoms with van der Waals surface area (Å²) in [6.45, 7) is 0.503. The van der Waals surface area contributed by atoms with E-state index in [4.69, 9.17) is 9.47 Å². The van der Waals surface area contributed by atoms with Crippen molar-refractivity contribution in [2.75, 3.05) is 18.6 Å². The van der Waals surface area contributed by atoms with E-state index in [1.807, 2.05) is 24.3 Å². The maximum atomic E-state index is 12.6. The van der Waals surface area contributed by atoms with Crippen LogP contribution in [0.5, 0.6) is 5.75 Å². The molecule has 1 atom stereocenters. The Bertz CT molecular complexity index is 993. The van der Waals surface area contributed by atoms with Crippen molar-refractivity contribution in [1.29, 1.82) is 0 Å². The third kappa shape index (κ3) is 4.05. The van der Waals surface area contributed by atoms with E-state index < -0.39 is 12.2 Å². The fraction of sp³-hybridized carbons (Fsp3) is 0.318. The van der Waals surface area contributed by atoms with Crippen LogP contribution < -0.4 is 9.64 Å². The van der Waals surface area contributed by atoms with Crippen LogP contribution in [0.15, 0.2) is 46.9 Å². The number of hydrogen-bond acceptors (Lipinski definition) is 5. The number of anilines is 1. The van der Waals surface area contributed by atoms with Gasteiger partial charge >= 0.3 is 6.09 Å². The van der Waals surface area contributed by atoms with Gasteiger partial charge in [0.25, 0.3) is 0 Å². The van der Waals surface area contributed by atoms with Crippen molar-refractivity contribution in [3.63, 3.8) is 0 Å². The summed E-state index contributed by atoms with van der Waals surface area (Å²) < 4.78 is 11.9. The summed E-state index contributed by atoms with van der Waals surface area (Å²) in [7, 11) is 1.53. The second-order valence-corrected chi connectivity index (χ2v) is 8.19. The molecule has 4 rings (SSSR count). The molecule has 2 aromatic rings. The predicted molar refractivity (Wildman–Crippen MR) is 113 cm³/mol. The van der Waals surface area contributed by atoms with Crippen molar-refractivity contribution in [2.24, 2.45) is 0 Å². The fourth-order valence-electron chi connectivity index (χ4n) is 3.74. The highest BCUT2D eigenvalue weighted by Crippen LogP contribution is 2.37. The van der Waals surface area contributed by atoms with Gasteiger partial charge in [0.2, 0.25) is 11.8 Å². The lowest BCUT2D eigenvalue weighted by molar-refractivity contribution is -0.148. The molecule has 0 unspecified atom stereocenters. The van der Waals surface area contributed by atoms with Gasteiger partial charge in [-0.1, -0.05) is 34.1 Å². The number of amides is 3. The highest BCUT2D eigenvalue weighted by Gasteiger charge is 2.35. The number of carbonyl (C=O) groups excluding carboxylic acids is 3. The minimum atomic E-state index is -0.472. The molecule has 2 saturated heterocycles. The van der Waals surface area contributed by atoms with E-state index >= 15 is 0 Å². The summed E-state index contributed by atoms with van der Waals surface area (Å²) in [6, 6.07) is 12.9. The molecular formula is C22H21BrN2O5. The second-order valence-electron chi connectivity index (χ2n) is 7.27. The van der Waals surface area contributed by atoms with E-state index in [0.29, 0.717) is 37.2 Å². The normalized spacial score (nSPS) is 19.3. The second kappa shape index (κ2) is 8.47. The van der Waals surface area contributed by atoms with Crippen LogP contribution in [0.25, 0.3) is 0 Å². The molecule has 156 valence electrons. The van der Waals surface area contributed by atoms with Crippen LogP contribution in [0.1, 0.15) is 36.5 Å². The first-order valence-electron chi connectivity index (χ1n) is 9.70. The zero-order valence-electron chi connectivity index (χ0n) is 16.5. The minimum Gasteiger partial charge on any atom is -0.495 e. The smallest absolute Gasteiger partial charge is 0.415 e. The van der Waals surface area contributed by atoms with E-state index in [-0.39, 0.29) is 18.4 Å². The van der Waals surface area contributed by atoms with Crippen molar-refractivity contribution >= 4 is 39.5 Å². The number of benzene rings is 2. The number of carbonyl (C=O) groups is 3. The van der Waals surface area contributed by atoms with Gasteiger partial charge in [0.15, 0.2) is 0 Å². The Hall–Kier alpha value is -2.87. The molecule has 30 heavy (non-hydrogen) atoms. The highest BCUT2D eigenvalue weighted by molar-refractivity contribution is 9.10. The zero-order chi connectivity index (χ0) is 21.3. The van der Waals surface area contributed by atoms with Gasteiger partial charge in [0.1, 0.15) is 11.9 Å². The minimum absolute atomic E-state index is 0.168. The maximum Gasteiger partial charge on any atom is 0.415 e. The molecule has 0 bridgehead atoms. The molecule has 3 amide bonds. The molecule has 0 aromatic heterocycles. The molecule has 2 aliphatic heterocycles. The van der Waals surface area contributed by atoms with E-state index in [0.717, 1.165) is 15.6 Å². The van der Waals surface area contributed by atoms with E-state index in [1.165, 1.54) is 16.9 Å². The number of piperidine rings is 1. The summed E-state index contributed by atoms with van der Waals surface area (Å²) in [5.41, 5.74) is 2.18. The largest absolute Gasteiger partial charge is 0.495 e. The molecule has 0 N–H and O–H groups in total. The Morgan fingerprint density at radius 2 is 1.87 bits per heavy atom. The first-order chi connectivity index (χ1) is 14.5. The Kier molecular flexibility index (Phi) is 5.76. The highest BCUT2D eigenvalue weighted by atomic mass is 79.9. The van der Waals surface area contributed by atoms with Crippen molar-refractivity contribution in [3.05, 3.63) is 58.1 Å². The molecular weight excluding hydrogens is 452 g/mol. The van der Waals surface area contributed by atoms with Crippen molar-refractivity contribution in [2.45, 2.75) is 31.9 Å². The van der Waals surface area contributed by atoms with E-state index in [2.05, 4.69) is 15.9 Å². The third-order valence-electron chi connectivity index (χ3n) is 5.29. The monoisotopic (exact) mass is 472 g/mol. The topological polar surface area (TPSA) is 76.2 Å². The Morgan fingerprint density at radius 3 is 2.57 bits per heavy atom. The standard InChI is InChI=1S/C22H21BrN2O5/c1-29-18-9-8-14(12-25-20(26)6-3-7-21(25)27)10-17(18)24-13-19(30-22(24)28)15-4-2-5-16(23)11-15/h2,4-5,8-11,19H,3,6-7,12-13H2,1H3/t19-/m1/s1. The van der Waals surface area contributed by atoms with Gasteiger partial charge in [0.05, 0.1) is 25.9 Å². The molecule has 2 aliphatic rings. The van der Waals surface area contributed by atoms with E-state index in [1.54, 1.807) is 18.2 Å². The number of halogens is 1. The van der Waals surface area contributed by atoms with Crippen LogP contribution in [0.4, 0.5) is 10.5 Å². The Balaban J connectivity index is 1.60. The molecule has 0 aliphatic carbocycles. The molecule has 2 heterocycles. The first kappa shape index (κ1) is 20.4. The maximum absolute atomic E-state index is 12.6. The molecule has 2 aromatic carbocycles. The lowest BCUT2D eigenvalue weighted by Crippen LogP contribution is -2.39. The average Bonchev–Trinajstić information content (AvgIpc) is 3.12. The molecule has 8 heteroatoms. The van der Waals surface area contributed by atoms with Crippen LogP contribution >= 0.6 is 15.9 Å². The first-order valence-corrected chi connectivity index (χ1v) is 10.5. The molecule has 0 radical (unpaired) electrons. The number of cyclic esters (lactones) is 1. The van der Waals surface area contributed by atoms with Gasteiger partial charge < -0.3 is 9.47 Å². The van der Waals surface area contributed by atoms with Crippen LogP contribution in [0, 0.1) is 0 Å². The van der Waals surface area contributed by atoms with Gasteiger partial charge in [-0.2, -0.15) is 0 Å². The number of methoxy groups -OCH3 is 1. The summed E-state index contributed by atoms with van der Waals surface area (Å²) in [6.07, 6.45) is 0.468. The number of imide groups is 1. The van der Waals surface area contributed by atoms with Gasteiger partial charge in [-0.25, -0.2) is 4.79 Å². The molecule has 0 saturated carbocycles. The van der Waals surface area contributed by atoms with Gasteiger partial charge in [-0.05, 0) is 41.8 Å². The van der Waals surface area contributed by atoms with Crippen LogP contribution in [0.3, 0.4) is 0 Å². The third-order valence-corrected chi connectivity index (χ3v) is 5.78. The summed E-state index contributed by atoms with van der Waals surface area (Å²) in [4.78, 5) is 39.7. The zero-order valence-corrected chi connectivity index (χ0v) is 18.1. The van der Waals surface area contributed by atoms with Crippen LogP contribution in [-0.2, 0) is 20.9 Å². The predicted octanol–water partition coefficient (Wildman–Crippen LogP) is 4.19. The van der Waals surface area contributed by atoms with Crippen molar-refractivity contribution in [3.8, 4) is 5.75 Å². The van der Waals surface area contributed by atoms with Crippen LogP contribution in [0.2, 0.25) is 0 Å². The lowest BCUT2D eigenvalue weighted by atomic mass is 10.1. The van der Waals surface area contributed by atoms with Crippen molar-refractivity contribution < 1.29 is 23.9 Å². The molecule has 7 nitrogen and oxygen atoms in total. The van der Waals surface area contributed by atoms with Crippen molar-refractivity contribution in [1.82, 2.24) is 4.90 Å². The van der Waals surface area contributed by atoms with Gasteiger partial charge in [-0.3, -0.25) is 19.4 Å². The summed E-state index contributed by atoms with van der Waals surface area (Å²) in [5, 5.41) is 0. The Labute approximate surface area is 182 Å². The number of rotatable bonds is 5. The summed E-state index contributed by atoms with van der Waals surface area (Å²) >= 11 is 3.44. The summed E-state index contributed by atoms with van der Waals surface area (Å²) in [5.74, 6) is 0.180. The fourth-order valence-corrected chi connectivity index (χ4v) is 4.16. The number of ether oxygens (including phenoxy) is 2. The number of nitrogens with zero attached hydrogens (tertiary/aromatic N) is 2. The average molecular weight is 473 g/mol. The Morgan fingerprint density at radius 1 is 1.10 bits per heavy atom. The van der Waals surface area contributed by atoms with Gasteiger partial charge in [-0.15, -0.1) is 0 Å². The number of likely N-dealkylation sites (tertiary alicyclic amines) is 1. The SMILES string of the molecule is COc1ccc(CN2C(=O)CCCC2=O)cc1N1C[C@H](c2cccc(Br)c2)OC1=O.